The Bertz CT molecular complexity index is 890. The zero-order valence-electron chi connectivity index (χ0n) is 18.1. The van der Waals surface area contributed by atoms with E-state index in [4.69, 9.17) is 9.47 Å². The zero-order chi connectivity index (χ0) is 21.7. The molecule has 2 aromatic carbocycles. The number of carbonyl (C=O) groups is 2. The molecule has 1 aliphatic heterocycles. The van der Waals surface area contributed by atoms with Crippen LogP contribution in [-0.2, 0) is 4.74 Å². The van der Waals surface area contributed by atoms with Gasteiger partial charge in [0.05, 0.1) is 12.7 Å². The van der Waals surface area contributed by atoms with Crippen molar-refractivity contribution in [2.24, 2.45) is 5.92 Å². The van der Waals surface area contributed by atoms with Crippen molar-refractivity contribution in [3.05, 3.63) is 54.1 Å². The Morgan fingerprint density at radius 1 is 1.10 bits per heavy atom. The van der Waals surface area contributed by atoms with Crippen molar-refractivity contribution in [1.82, 2.24) is 10.2 Å². The van der Waals surface area contributed by atoms with Crippen LogP contribution in [0, 0.1) is 5.92 Å². The molecule has 0 bridgehead atoms. The lowest BCUT2D eigenvalue weighted by molar-refractivity contribution is 0.0288. The molecule has 0 spiro atoms. The molecule has 30 heavy (non-hydrogen) atoms. The predicted molar refractivity (Wildman–Crippen MR) is 117 cm³/mol. The van der Waals surface area contributed by atoms with Gasteiger partial charge in [-0.2, -0.15) is 0 Å². The summed E-state index contributed by atoms with van der Waals surface area (Å²) >= 11 is 0. The minimum absolute atomic E-state index is 0.179. The lowest BCUT2D eigenvalue weighted by Crippen LogP contribution is -2.36. The molecule has 1 heterocycles. The number of benzene rings is 2. The molecule has 3 rings (SSSR count). The van der Waals surface area contributed by atoms with Crippen LogP contribution in [0.15, 0.2) is 48.5 Å². The van der Waals surface area contributed by atoms with Gasteiger partial charge in [0.2, 0.25) is 0 Å². The summed E-state index contributed by atoms with van der Waals surface area (Å²) in [6, 6.07) is 15.6. The average Bonchev–Trinajstić information content (AvgIpc) is 3.20. The van der Waals surface area contributed by atoms with Gasteiger partial charge in [0.1, 0.15) is 11.4 Å². The topological polar surface area (TPSA) is 67.9 Å². The van der Waals surface area contributed by atoms with Crippen LogP contribution in [0.1, 0.15) is 37.6 Å². The summed E-state index contributed by atoms with van der Waals surface area (Å²) < 4.78 is 10.9. The molecule has 1 unspecified atom stereocenters. The molecule has 1 saturated heterocycles. The molecular formula is C24H30N2O4. The van der Waals surface area contributed by atoms with Gasteiger partial charge in [-0.1, -0.05) is 36.4 Å². The second-order valence-electron chi connectivity index (χ2n) is 8.57. The highest BCUT2D eigenvalue weighted by atomic mass is 16.6. The van der Waals surface area contributed by atoms with E-state index < -0.39 is 5.60 Å². The van der Waals surface area contributed by atoms with E-state index >= 15 is 0 Å². The van der Waals surface area contributed by atoms with Crippen molar-refractivity contribution in [2.45, 2.75) is 32.8 Å². The average molecular weight is 411 g/mol. The number of amides is 2. The molecule has 1 fully saturated rings. The summed E-state index contributed by atoms with van der Waals surface area (Å²) in [5, 5.41) is 2.98. The molecule has 2 amide bonds. The standard InChI is InChI=1S/C24H30N2O4/c1-24(2,3)30-23(28)26-13-12-17(16-26)15-25-22(27)20-11-10-19(14-21(20)29-4)18-8-6-5-7-9-18/h5-11,14,17H,12-13,15-16H2,1-4H3,(H,25,27). The summed E-state index contributed by atoms with van der Waals surface area (Å²) in [6.45, 7) is 7.30. The summed E-state index contributed by atoms with van der Waals surface area (Å²) in [5.74, 6) is 0.564. The Morgan fingerprint density at radius 2 is 1.83 bits per heavy atom. The number of nitrogens with one attached hydrogen (secondary N) is 1. The highest BCUT2D eigenvalue weighted by molar-refractivity contribution is 5.97. The molecule has 6 nitrogen and oxygen atoms in total. The lowest BCUT2D eigenvalue weighted by atomic mass is 10.0. The van der Waals surface area contributed by atoms with E-state index in [1.165, 1.54) is 0 Å². The van der Waals surface area contributed by atoms with Gasteiger partial charge in [-0.25, -0.2) is 4.79 Å². The van der Waals surface area contributed by atoms with Gasteiger partial charge in [0, 0.05) is 19.6 Å². The number of hydrogen-bond donors (Lipinski definition) is 1. The number of hydrogen-bond acceptors (Lipinski definition) is 4. The van der Waals surface area contributed by atoms with Gasteiger partial charge < -0.3 is 19.7 Å². The molecule has 1 N–H and O–H groups in total. The van der Waals surface area contributed by atoms with E-state index in [0.29, 0.717) is 30.9 Å². The molecular weight excluding hydrogens is 380 g/mol. The molecule has 1 aliphatic rings. The van der Waals surface area contributed by atoms with Crippen LogP contribution < -0.4 is 10.1 Å². The molecule has 1 atom stereocenters. The molecule has 0 radical (unpaired) electrons. The molecule has 0 aromatic heterocycles. The predicted octanol–water partition coefficient (Wildman–Crippen LogP) is 4.35. The Kier molecular flexibility index (Phi) is 6.65. The fourth-order valence-electron chi connectivity index (χ4n) is 3.51. The first-order valence-electron chi connectivity index (χ1n) is 10.3. The van der Waals surface area contributed by atoms with Crippen molar-refractivity contribution in [1.29, 1.82) is 0 Å². The second-order valence-corrected chi connectivity index (χ2v) is 8.57. The Balaban J connectivity index is 1.58. The highest BCUT2D eigenvalue weighted by Crippen LogP contribution is 2.27. The summed E-state index contributed by atoms with van der Waals surface area (Å²) in [4.78, 5) is 26.6. The first-order chi connectivity index (χ1) is 14.3. The van der Waals surface area contributed by atoms with Crippen molar-refractivity contribution in [2.75, 3.05) is 26.7 Å². The van der Waals surface area contributed by atoms with Crippen molar-refractivity contribution in [3.63, 3.8) is 0 Å². The fourth-order valence-corrected chi connectivity index (χ4v) is 3.51. The molecule has 2 aromatic rings. The Hall–Kier alpha value is -3.02. The maximum absolute atomic E-state index is 12.7. The van der Waals surface area contributed by atoms with Crippen LogP contribution in [0.5, 0.6) is 5.75 Å². The number of ether oxygens (including phenoxy) is 2. The van der Waals surface area contributed by atoms with Crippen LogP contribution in [0.2, 0.25) is 0 Å². The largest absolute Gasteiger partial charge is 0.496 e. The summed E-state index contributed by atoms with van der Waals surface area (Å²) in [7, 11) is 1.57. The third-order valence-corrected chi connectivity index (χ3v) is 5.04. The van der Waals surface area contributed by atoms with Gasteiger partial charge in [-0.3, -0.25) is 4.79 Å². The van der Waals surface area contributed by atoms with E-state index in [1.807, 2.05) is 63.2 Å². The normalized spacial score (nSPS) is 16.3. The van der Waals surface area contributed by atoms with E-state index in [-0.39, 0.29) is 17.9 Å². The minimum Gasteiger partial charge on any atom is -0.496 e. The number of methoxy groups -OCH3 is 1. The SMILES string of the molecule is COc1cc(-c2ccccc2)ccc1C(=O)NCC1CCN(C(=O)OC(C)(C)C)C1. The van der Waals surface area contributed by atoms with Crippen LogP contribution in [0.4, 0.5) is 4.79 Å². The van der Waals surface area contributed by atoms with E-state index in [0.717, 1.165) is 17.5 Å². The first-order valence-corrected chi connectivity index (χ1v) is 10.3. The van der Waals surface area contributed by atoms with Gasteiger partial charge >= 0.3 is 6.09 Å². The van der Waals surface area contributed by atoms with E-state index in [9.17, 15) is 9.59 Å². The highest BCUT2D eigenvalue weighted by Gasteiger charge is 2.30. The van der Waals surface area contributed by atoms with Crippen LogP contribution >= 0.6 is 0 Å². The monoisotopic (exact) mass is 410 g/mol. The fraction of sp³-hybridized carbons (Fsp3) is 0.417. The maximum Gasteiger partial charge on any atom is 0.410 e. The van der Waals surface area contributed by atoms with Gasteiger partial charge in [0.25, 0.3) is 5.91 Å². The number of nitrogens with zero attached hydrogens (tertiary/aromatic N) is 1. The third-order valence-electron chi connectivity index (χ3n) is 5.04. The van der Waals surface area contributed by atoms with E-state index in [2.05, 4.69) is 5.32 Å². The second kappa shape index (κ2) is 9.20. The van der Waals surface area contributed by atoms with Gasteiger partial charge in [-0.05, 0) is 56.4 Å². The van der Waals surface area contributed by atoms with E-state index in [1.54, 1.807) is 18.1 Å². The molecule has 6 heteroatoms. The first kappa shape index (κ1) is 21.7. The van der Waals surface area contributed by atoms with Crippen LogP contribution in [0.25, 0.3) is 11.1 Å². The molecule has 160 valence electrons. The summed E-state index contributed by atoms with van der Waals surface area (Å²) in [6.07, 6.45) is 0.540. The van der Waals surface area contributed by atoms with Gasteiger partial charge in [0.15, 0.2) is 0 Å². The zero-order valence-corrected chi connectivity index (χ0v) is 18.1. The minimum atomic E-state index is -0.508. The van der Waals surface area contributed by atoms with Gasteiger partial charge in [-0.15, -0.1) is 0 Å². The third kappa shape index (κ3) is 5.53. The lowest BCUT2D eigenvalue weighted by Gasteiger charge is -2.24. The van der Waals surface area contributed by atoms with Crippen molar-refractivity contribution >= 4 is 12.0 Å². The number of carbonyl (C=O) groups excluding carboxylic acids is 2. The molecule has 0 saturated carbocycles. The van der Waals surface area contributed by atoms with Crippen molar-refractivity contribution < 1.29 is 19.1 Å². The number of rotatable bonds is 5. The quantitative estimate of drug-likeness (QED) is 0.796. The Morgan fingerprint density at radius 3 is 2.50 bits per heavy atom. The smallest absolute Gasteiger partial charge is 0.410 e. The van der Waals surface area contributed by atoms with Crippen LogP contribution in [0.3, 0.4) is 0 Å². The van der Waals surface area contributed by atoms with Crippen molar-refractivity contribution in [3.8, 4) is 16.9 Å². The summed E-state index contributed by atoms with van der Waals surface area (Å²) in [5.41, 5.74) is 2.05. The van der Waals surface area contributed by atoms with Crippen LogP contribution in [-0.4, -0.2) is 49.2 Å². The maximum atomic E-state index is 12.7. The Labute approximate surface area is 178 Å². The molecule has 0 aliphatic carbocycles. The number of likely N-dealkylation sites (tertiary alicyclic amines) is 1.